The van der Waals surface area contributed by atoms with E-state index in [9.17, 15) is 0 Å². The maximum absolute atomic E-state index is 5.29. The van der Waals surface area contributed by atoms with Gasteiger partial charge in [-0.05, 0) is 37.3 Å². The number of anilines is 1. The Labute approximate surface area is 119 Å². The van der Waals surface area contributed by atoms with E-state index < -0.39 is 0 Å². The molecule has 0 saturated heterocycles. The molecule has 20 heavy (non-hydrogen) atoms. The fourth-order valence-electron chi connectivity index (χ4n) is 1.79. The summed E-state index contributed by atoms with van der Waals surface area (Å²) in [5.41, 5.74) is 5.82. The highest BCUT2D eigenvalue weighted by atomic mass is 16.5. The molecular weight excluding hydrogens is 252 g/mol. The second-order valence-corrected chi connectivity index (χ2v) is 4.24. The van der Waals surface area contributed by atoms with Crippen LogP contribution >= 0.6 is 0 Å². The number of benzene rings is 2. The summed E-state index contributed by atoms with van der Waals surface area (Å²) in [5, 5.41) is 4.37. The highest BCUT2D eigenvalue weighted by Crippen LogP contribution is 2.27. The zero-order chi connectivity index (χ0) is 14.4. The maximum Gasteiger partial charge on any atom is 0.161 e. The number of hydrogen-bond acceptors (Lipinski definition) is 4. The predicted octanol–water partition coefficient (Wildman–Crippen LogP) is 3.54. The fourth-order valence-corrected chi connectivity index (χ4v) is 1.79. The molecular formula is C16H18N2O2. The molecule has 0 fully saturated rings. The third-order valence-electron chi connectivity index (χ3n) is 2.93. The van der Waals surface area contributed by atoms with Gasteiger partial charge >= 0.3 is 0 Å². The molecule has 2 rings (SSSR count). The van der Waals surface area contributed by atoms with Crippen LogP contribution in [0.4, 0.5) is 5.69 Å². The van der Waals surface area contributed by atoms with Gasteiger partial charge in [0.15, 0.2) is 11.5 Å². The van der Waals surface area contributed by atoms with Crippen molar-refractivity contribution < 1.29 is 9.47 Å². The number of methoxy groups -OCH3 is 2. The van der Waals surface area contributed by atoms with Crippen LogP contribution in [0.1, 0.15) is 12.5 Å². The summed E-state index contributed by atoms with van der Waals surface area (Å²) >= 11 is 0. The van der Waals surface area contributed by atoms with Gasteiger partial charge in [-0.3, -0.25) is 5.43 Å². The monoisotopic (exact) mass is 270 g/mol. The lowest BCUT2D eigenvalue weighted by atomic mass is 10.1. The van der Waals surface area contributed by atoms with Gasteiger partial charge in [-0.1, -0.05) is 18.2 Å². The summed E-state index contributed by atoms with van der Waals surface area (Å²) in [5.74, 6) is 1.40. The van der Waals surface area contributed by atoms with Crippen molar-refractivity contribution in [3.05, 3.63) is 54.1 Å². The quantitative estimate of drug-likeness (QED) is 0.667. The Kier molecular flexibility index (Phi) is 4.60. The molecule has 104 valence electrons. The molecule has 0 aromatic heterocycles. The van der Waals surface area contributed by atoms with Crippen LogP contribution in [-0.4, -0.2) is 19.9 Å². The molecule has 0 heterocycles. The van der Waals surface area contributed by atoms with E-state index in [1.165, 1.54) is 0 Å². The first-order valence-electron chi connectivity index (χ1n) is 6.32. The third-order valence-corrected chi connectivity index (χ3v) is 2.93. The first-order chi connectivity index (χ1) is 9.74. The standard InChI is InChI=1S/C16H18N2O2/c1-12(17-18-14-7-5-4-6-8-14)13-9-10-15(19-2)16(11-13)20-3/h4-11,18H,1-3H3/b17-12-. The molecule has 2 aromatic carbocycles. The first kappa shape index (κ1) is 13.9. The average Bonchev–Trinajstić information content (AvgIpc) is 2.52. The number of nitrogens with zero attached hydrogens (tertiary/aromatic N) is 1. The largest absolute Gasteiger partial charge is 0.493 e. The van der Waals surface area contributed by atoms with Gasteiger partial charge in [0.1, 0.15) is 0 Å². The minimum atomic E-state index is 0.694. The second kappa shape index (κ2) is 6.61. The summed E-state index contributed by atoms with van der Waals surface area (Å²) in [6.45, 7) is 1.94. The van der Waals surface area contributed by atoms with Crippen molar-refractivity contribution >= 4 is 11.4 Å². The van der Waals surface area contributed by atoms with E-state index in [1.807, 2.05) is 55.5 Å². The number of ether oxygens (including phenoxy) is 2. The van der Waals surface area contributed by atoms with Gasteiger partial charge in [-0.15, -0.1) is 0 Å². The van der Waals surface area contributed by atoms with Gasteiger partial charge < -0.3 is 9.47 Å². The Bertz CT molecular complexity index is 595. The minimum absolute atomic E-state index is 0.694. The van der Waals surface area contributed by atoms with E-state index in [1.54, 1.807) is 14.2 Å². The van der Waals surface area contributed by atoms with Crippen molar-refractivity contribution in [1.29, 1.82) is 0 Å². The van der Waals surface area contributed by atoms with Crippen LogP contribution in [-0.2, 0) is 0 Å². The van der Waals surface area contributed by atoms with Crippen LogP contribution in [0, 0.1) is 0 Å². The molecule has 0 aliphatic rings. The van der Waals surface area contributed by atoms with E-state index >= 15 is 0 Å². The zero-order valence-corrected chi connectivity index (χ0v) is 11.9. The van der Waals surface area contributed by atoms with Crippen LogP contribution in [0.25, 0.3) is 0 Å². The van der Waals surface area contributed by atoms with Crippen LogP contribution in [0.15, 0.2) is 53.6 Å². The Morgan fingerprint density at radius 3 is 2.30 bits per heavy atom. The van der Waals surface area contributed by atoms with E-state index in [0.29, 0.717) is 11.5 Å². The van der Waals surface area contributed by atoms with Gasteiger partial charge in [0.25, 0.3) is 0 Å². The number of rotatable bonds is 5. The fraction of sp³-hybridized carbons (Fsp3) is 0.188. The van der Waals surface area contributed by atoms with E-state index in [-0.39, 0.29) is 0 Å². The van der Waals surface area contributed by atoms with Crippen molar-refractivity contribution in [2.75, 3.05) is 19.6 Å². The molecule has 1 N–H and O–H groups in total. The summed E-state index contributed by atoms with van der Waals surface area (Å²) < 4.78 is 10.5. The molecule has 0 radical (unpaired) electrons. The molecule has 2 aromatic rings. The molecule has 0 spiro atoms. The minimum Gasteiger partial charge on any atom is -0.493 e. The van der Waals surface area contributed by atoms with E-state index in [2.05, 4.69) is 10.5 Å². The summed E-state index contributed by atoms with van der Waals surface area (Å²) in [6.07, 6.45) is 0. The SMILES string of the molecule is COc1ccc(/C(C)=N\Nc2ccccc2)cc1OC. The third kappa shape index (κ3) is 3.29. The second-order valence-electron chi connectivity index (χ2n) is 4.24. The number of hydrogen-bond donors (Lipinski definition) is 1. The highest BCUT2D eigenvalue weighted by molar-refractivity contribution is 5.99. The Hall–Kier alpha value is -2.49. The van der Waals surface area contributed by atoms with Crippen molar-refractivity contribution in [3.63, 3.8) is 0 Å². The molecule has 0 bridgehead atoms. The molecule has 0 aliphatic carbocycles. The van der Waals surface area contributed by atoms with E-state index in [4.69, 9.17) is 9.47 Å². The highest BCUT2D eigenvalue weighted by Gasteiger charge is 2.06. The van der Waals surface area contributed by atoms with Crippen molar-refractivity contribution in [2.24, 2.45) is 5.10 Å². The molecule has 0 atom stereocenters. The van der Waals surface area contributed by atoms with Crippen LogP contribution in [0.3, 0.4) is 0 Å². The zero-order valence-electron chi connectivity index (χ0n) is 11.9. The van der Waals surface area contributed by atoms with Crippen molar-refractivity contribution in [2.45, 2.75) is 6.92 Å². The summed E-state index contributed by atoms with van der Waals surface area (Å²) in [6, 6.07) is 15.5. The van der Waals surface area contributed by atoms with Gasteiger partial charge in [0, 0.05) is 5.56 Å². The normalized spacial score (nSPS) is 11.1. The van der Waals surface area contributed by atoms with Gasteiger partial charge in [0.05, 0.1) is 25.6 Å². The van der Waals surface area contributed by atoms with Gasteiger partial charge in [0.2, 0.25) is 0 Å². The Balaban J connectivity index is 2.18. The molecule has 4 heteroatoms. The van der Waals surface area contributed by atoms with Crippen molar-refractivity contribution in [3.8, 4) is 11.5 Å². The van der Waals surface area contributed by atoms with Crippen LogP contribution < -0.4 is 14.9 Å². The van der Waals surface area contributed by atoms with Crippen molar-refractivity contribution in [1.82, 2.24) is 0 Å². The summed E-state index contributed by atoms with van der Waals surface area (Å²) in [7, 11) is 3.24. The molecule has 0 saturated carbocycles. The number of nitrogens with one attached hydrogen (secondary N) is 1. The Morgan fingerprint density at radius 2 is 1.65 bits per heavy atom. The molecule has 4 nitrogen and oxygen atoms in total. The lowest BCUT2D eigenvalue weighted by molar-refractivity contribution is 0.355. The first-order valence-corrected chi connectivity index (χ1v) is 6.32. The Morgan fingerprint density at radius 1 is 0.950 bits per heavy atom. The molecule has 0 amide bonds. The lowest BCUT2D eigenvalue weighted by Gasteiger charge is -2.09. The van der Waals surface area contributed by atoms with E-state index in [0.717, 1.165) is 17.0 Å². The molecule has 0 unspecified atom stereocenters. The van der Waals surface area contributed by atoms with Crippen LogP contribution in [0.2, 0.25) is 0 Å². The number of hydrazone groups is 1. The van der Waals surface area contributed by atoms with Gasteiger partial charge in [-0.2, -0.15) is 5.10 Å². The maximum atomic E-state index is 5.29. The van der Waals surface area contributed by atoms with Crippen LogP contribution in [0.5, 0.6) is 11.5 Å². The summed E-state index contributed by atoms with van der Waals surface area (Å²) in [4.78, 5) is 0. The molecule has 0 aliphatic heterocycles. The average molecular weight is 270 g/mol. The topological polar surface area (TPSA) is 42.8 Å². The van der Waals surface area contributed by atoms with Gasteiger partial charge in [-0.25, -0.2) is 0 Å². The predicted molar refractivity (Wildman–Crippen MR) is 81.8 cm³/mol. The number of para-hydroxylation sites is 1. The lowest BCUT2D eigenvalue weighted by Crippen LogP contribution is -2.01. The smallest absolute Gasteiger partial charge is 0.161 e.